The molecule has 0 aliphatic heterocycles. The van der Waals surface area contributed by atoms with Crippen LogP contribution in [-0.2, 0) is 7.05 Å². The van der Waals surface area contributed by atoms with E-state index in [1.54, 1.807) is 10.9 Å². The van der Waals surface area contributed by atoms with Gasteiger partial charge in [0.05, 0.1) is 11.9 Å². The average molecular weight is 266 g/mol. The molecule has 6 heteroatoms. The normalized spacial score (nSPS) is 10.5. The van der Waals surface area contributed by atoms with Gasteiger partial charge in [0, 0.05) is 25.7 Å². The van der Waals surface area contributed by atoms with Crippen LogP contribution in [0.25, 0.3) is 22.8 Å². The van der Waals surface area contributed by atoms with Gasteiger partial charge in [0.2, 0.25) is 0 Å². The number of aryl methyl sites for hydroxylation is 1. The average Bonchev–Trinajstić information content (AvgIpc) is 2.94. The van der Waals surface area contributed by atoms with E-state index < -0.39 is 0 Å². The first kappa shape index (κ1) is 12.3. The standard InChI is InChI=1S/C14H14N6/c1-15-13-8-11(12-9-16-19-20(12)2)17-14(18-13)10-6-4-3-5-7-10/h3-9H,1-2H3,(H,15,17,18). The molecule has 20 heavy (non-hydrogen) atoms. The molecule has 3 aromatic rings. The Labute approximate surface area is 116 Å². The van der Waals surface area contributed by atoms with E-state index in [9.17, 15) is 0 Å². The van der Waals surface area contributed by atoms with Gasteiger partial charge in [-0.2, -0.15) is 0 Å². The zero-order valence-electron chi connectivity index (χ0n) is 11.3. The highest BCUT2D eigenvalue weighted by atomic mass is 15.4. The number of nitrogens with zero attached hydrogens (tertiary/aromatic N) is 5. The summed E-state index contributed by atoms with van der Waals surface area (Å²) in [5.74, 6) is 1.43. The summed E-state index contributed by atoms with van der Waals surface area (Å²) in [5.41, 5.74) is 2.61. The van der Waals surface area contributed by atoms with E-state index in [2.05, 4.69) is 25.6 Å². The van der Waals surface area contributed by atoms with Gasteiger partial charge in [-0.1, -0.05) is 35.5 Å². The Morgan fingerprint density at radius 1 is 1.10 bits per heavy atom. The summed E-state index contributed by atoms with van der Waals surface area (Å²) in [6.07, 6.45) is 1.69. The minimum atomic E-state index is 0.675. The molecule has 0 atom stereocenters. The molecular formula is C14H14N6. The van der Waals surface area contributed by atoms with Crippen LogP contribution < -0.4 is 5.32 Å². The molecule has 0 spiro atoms. The molecule has 0 fully saturated rings. The summed E-state index contributed by atoms with van der Waals surface area (Å²) in [4.78, 5) is 9.09. The summed E-state index contributed by atoms with van der Waals surface area (Å²) in [6.45, 7) is 0. The van der Waals surface area contributed by atoms with Crippen molar-refractivity contribution in [3.05, 3.63) is 42.6 Å². The molecule has 3 rings (SSSR count). The Morgan fingerprint density at radius 2 is 1.90 bits per heavy atom. The minimum Gasteiger partial charge on any atom is -0.373 e. The molecule has 0 saturated heterocycles. The summed E-state index contributed by atoms with van der Waals surface area (Å²) in [7, 11) is 3.67. The van der Waals surface area contributed by atoms with Gasteiger partial charge in [-0.05, 0) is 0 Å². The zero-order valence-corrected chi connectivity index (χ0v) is 11.3. The molecule has 0 aliphatic carbocycles. The second kappa shape index (κ2) is 5.08. The Bertz CT molecular complexity index is 720. The molecule has 6 nitrogen and oxygen atoms in total. The third kappa shape index (κ3) is 2.23. The number of nitrogens with one attached hydrogen (secondary N) is 1. The monoisotopic (exact) mass is 266 g/mol. The summed E-state index contributed by atoms with van der Waals surface area (Å²) < 4.78 is 1.69. The quantitative estimate of drug-likeness (QED) is 0.785. The Balaban J connectivity index is 2.15. The van der Waals surface area contributed by atoms with Gasteiger partial charge < -0.3 is 5.32 Å². The van der Waals surface area contributed by atoms with E-state index in [0.29, 0.717) is 5.82 Å². The van der Waals surface area contributed by atoms with Crippen molar-refractivity contribution in [1.82, 2.24) is 25.0 Å². The molecule has 0 bridgehead atoms. The van der Waals surface area contributed by atoms with Crippen LogP contribution in [0.15, 0.2) is 42.6 Å². The molecule has 0 unspecified atom stereocenters. The smallest absolute Gasteiger partial charge is 0.162 e. The van der Waals surface area contributed by atoms with Gasteiger partial charge >= 0.3 is 0 Å². The van der Waals surface area contributed by atoms with E-state index >= 15 is 0 Å². The molecular weight excluding hydrogens is 252 g/mol. The van der Waals surface area contributed by atoms with Gasteiger partial charge in [0.15, 0.2) is 5.82 Å². The maximum atomic E-state index is 4.60. The third-order valence-electron chi connectivity index (χ3n) is 2.99. The molecule has 0 amide bonds. The van der Waals surface area contributed by atoms with E-state index in [0.717, 1.165) is 22.8 Å². The lowest BCUT2D eigenvalue weighted by atomic mass is 10.2. The molecule has 0 saturated carbocycles. The number of aromatic nitrogens is 5. The van der Waals surface area contributed by atoms with Crippen molar-refractivity contribution < 1.29 is 0 Å². The van der Waals surface area contributed by atoms with Gasteiger partial charge in [0.1, 0.15) is 11.5 Å². The van der Waals surface area contributed by atoms with Crippen molar-refractivity contribution in [2.45, 2.75) is 0 Å². The van der Waals surface area contributed by atoms with Gasteiger partial charge in [-0.15, -0.1) is 5.10 Å². The third-order valence-corrected chi connectivity index (χ3v) is 2.99. The molecule has 1 N–H and O–H groups in total. The van der Waals surface area contributed by atoms with Crippen LogP contribution in [0.1, 0.15) is 0 Å². The van der Waals surface area contributed by atoms with Gasteiger partial charge in [-0.3, -0.25) is 0 Å². The predicted molar refractivity (Wildman–Crippen MR) is 77.0 cm³/mol. The van der Waals surface area contributed by atoms with E-state index in [4.69, 9.17) is 0 Å². The van der Waals surface area contributed by atoms with Crippen molar-refractivity contribution in [3.8, 4) is 22.8 Å². The maximum absolute atomic E-state index is 4.60. The SMILES string of the molecule is CNc1cc(-c2cnnn2C)nc(-c2ccccc2)n1. The molecule has 1 aromatic carbocycles. The summed E-state index contributed by atoms with van der Waals surface area (Å²) in [6, 6.07) is 11.8. The highest BCUT2D eigenvalue weighted by molar-refractivity contribution is 5.64. The largest absolute Gasteiger partial charge is 0.373 e. The van der Waals surface area contributed by atoms with Crippen LogP contribution in [0.5, 0.6) is 0 Å². The highest BCUT2D eigenvalue weighted by Crippen LogP contribution is 2.23. The maximum Gasteiger partial charge on any atom is 0.162 e. The first-order valence-electron chi connectivity index (χ1n) is 6.25. The first-order valence-corrected chi connectivity index (χ1v) is 6.25. The van der Waals surface area contributed by atoms with Crippen LogP contribution in [0.4, 0.5) is 5.82 Å². The van der Waals surface area contributed by atoms with Gasteiger partial charge in [-0.25, -0.2) is 14.6 Å². The van der Waals surface area contributed by atoms with Crippen molar-refractivity contribution in [3.63, 3.8) is 0 Å². The number of anilines is 1. The van der Waals surface area contributed by atoms with Crippen LogP contribution in [0, 0.1) is 0 Å². The van der Waals surface area contributed by atoms with Crippen molar-refractivity contribution in [1.29, 1.82) is 0 Å². The summed E-state index contributed by atoms with van der Waals surface area (Å²) in [5, 5.41) is 10.9. The lowest BCUT2D eigenvalue weighted by Crippen LogP contribution is -2.01. The predicted octanol–water partition coefficient (Wildman–Crippen LogP) is 1.98. The second-order valence-corrected chi connectivity index (χ2v) is 4.32. The highest BCUT2D eigenvalue weighted by Gasteiger charge is 2.10. The molecule has 0 aliphatic rings. The van der Waals surface area contributed by atoms with Crippen LogP contribution in [0.3, 0.4) is 0 Å². The summed E-state index contributed by atoms with van der Waals surface area (Å²) >= 11 is 0. The lowest BCUT2D eigenvalue weighted by Gasteiger charge is -2.07. The molecule has 100 valence electrons. The molecule has 2 aromatic heterocycles. The second-order valence-electron chi connectivity index (χ2n) is 4.32. The van der Waals surface area contributed by atoms with E-state index in [-0.39, 0.29) is 0 Å². The minimum absolute atomic E-state index is 0.675. The fraction of sp³-hybridized carbons (Fsp3) is 0.143. The van der Waals surface area contributed by atoms with Crippen LogP contribution >= 0.6 is 0 Å². The number of rotatable bonds is 3. The van der Waals surface area contributed by atoms with E-state index in [1.807, 2.05) is 50.5 Å². The number of benzene rings is 1. The Hall–Kier alpha value is -2.76. The Kier molecular flexibility index (Phi) is 3.12. The Morgan fingerprint density at radius 3 is 2.55 bits per heavy atom. The zero-order chi connectivity index (χ0) is 13.9. The molecule has 2 heterocycles. The fourth-order valence-corrected chi connectivity index (χ4v) is 1.94. The van der Waals surface area contributed by atoms with Crippen molar-refractivity contribution in [2.75, 3.05) is 12.4 Å². The van der Waals surface area contributed by atoms with Gasteiger partial charge in [0.25, 0.3) is 0 Å². The van der Waals surface area contributed by atoms with Crippen molar-refractivity contribution >= 4 is 5.82 Å². The lowest BCUT2D eigenvalue weighted by molar-refractivity contribution is 0.719. The number of hydrogen-bond donors (Lipinski definition) is 1. The topological polar surface area (TPSA) is 68.5 Å². The number of hydrogen-bond acceptors (Lipinski definition) is 5. The van der Waals surface area contributed by atoms with Crippen LogP contribution in [-0.4, -0.2) is 32.0 Å². The fourth-order valence-electron chi connectivity index (χ4n) is 1.94. The van der Waals surface area contributed by atoms with Crippen LogP contribution in [0.2, 0.25) is 0 Å². The van der Waals surface area contributed by atoms with Crippen molar-refractivity contribution in [2.24, 2.45) is 7.05 Å². The van der Waals surface area contributed by atoms with E-state index in [1.165, 1.54) is 0 Å². The first-order chi connectivity index (χ1) is 9.78. The molecule has 0 radical (unpaired) electrons.